The van der Waals surface area contributed by atoms with Gasteiger partial charge in [0.15, 0.2) is 6.61 Å². The van der Waals surface area contributed by atoms with Crippen molar-refractivity contribution in [3.63, 3.8) is 0 Å². The Morgan fingerprint density at radius 3 is 2.17 bits per heavy atom. The number of carbonyl (C=O) groups is 1. The van der Waals surface area contributed by atoms with Gasteiger partial charge in [-0.2, -0.15) is 17.5 Å². The Labute approximate surface area is 167 Å². The number of benzene rings is 2. The SMILES string of the molecule is CCN(CC)S(=O)(=O)c1ccc(NC(=O)COc2ccccc2C(F)(F)F)cc1. The summed E-state index contributed by atoms with van der Waals surface area (Å²) >= 11 is 0. The van der Waals surface area contributed by atoms with E-state index in [2.05, 4.69) is 5.32 Å². The number of sulfonamides is 1. The van der Waals surface area contributed by atoms with Crippen molar-refractivity contribution in [2.75, 3.05) is 25.0 Å². The number of nitrogens with one attached hydrogen (secondary N) is 1. The van der Waals surface area contributed by atoms with Crippen molar-refractivity contribution in [3.05, 3.63) is 54.1 Å². The third-order valence-electron chi connectivity index (χ3n) is 4.03. The van der Waals surface area contributed by atoms with Gasteiger partial charge in [0.05, 0.1) is 10.5 Å². The van der Waals surface area contributed by atoms with Crippen LogP contribution in [-0.4, -0.2) is 38.3 Å². The number of amides is 1. The van der Waals surface area contributed by atoms with Gasteiger partial charge in [0, 0.05) is 18.8 Å². The molecule has 0 atom stereocenters. The minimum atomic E-state index is -4.60. The Kier molecular flexibility index (Phi) is 7.26. The normalized spacial score (nSPS) is 12.1. The molecule has 2 rings (SSSR count). The van der Waals surface area contributed by atoms with Gasteiger partial charge < -0.3 is 10.1 Å². The van der Waals surface area contributed by atoms with Gasteiger partial charge in [-0.3, -0.25) is 4.79 Å². The molecule has 158 valence electrons. The minimum Gasteiger partial charge on any atom is -0.483 e. The lowest BCUT2D eigenvalue weighted by molar-refractivity contribution is -0.139. The monoisotopic (exact) mass is 430 g/mol. The molecule has 0 saturated heterocycles. The third-order valence-corrected chi connectivity index (χ3v) is 6.10. The first-order valence-corrected chi connectivity index (χ1v) is 10.2. The number of rotatable bonds is 8. The zero-order valence-electron chi connectivity index (χ0n) is 15.9. The molecule has 0 radical (unpaired) electrons. The summed E-state index contributed by atoms with van der Waals surface area (Å²) in [5.74, 6) is -1.13. The fourth-order valence-corrected chi connectivity index (χ4v) is 4.05. The molecular weight excluding hydrogens is 409 g/mol. The molecule has 0 heterocycles. The van der Waals surface area contributed by atoms with Crippen LogP contribution in [0.2, 0.25) is 0 Å². The Morgan fingerprint density at radius 1 is 1.03 bits per heavy atom. The first-order valence-electron chi connectivity index (χ1n) is 8.78. The van der Waals surface area contributed by atoms with Gasteiger partial charge in [-0.25, -0.2) is 8.42 Å². The van der Waals surface area contributed by atoms with Crippen LogP contribution in [0.1, 0.15) is 19.4 Å². The van der Waals surface area contributed by atoms with Crippen molar-refractivity contribution in [2.24, 2.45) is 0 Å². The molecule has 29 heavy (non-hydrogen) atoms. The molecule has 0 aromatic heterocycles. The summed E-state index contributed by atoms with van der Waals surface area (Å²) < 4.78 is 69.9. The molecule has 0 aliphatic heterocycles. The summed E-state index contributed by atoms with van der Waals surface area (Å²) in [5, 5.41) is 2.45. The predicted molar refractivity (Wildman–Crippen MR) is 102 cm³/mol. The van der Waals surface area contributed by atoms with Crippen molar-refractivity contribution in [1.29, 1.82) is 0 Å². The summed E-state index contributed by atoms with van der Waals surface area (Å²) in [5.41, 5.74) is -0.681. The van der Waals surface area contributed by atoms with Gasteiger partial charge >= 0.3 is 6.18 Å². The number of ether oxygens (including phenoxy) is 1. The Bertz CT molecular complexity index is 941. The first-order chi connectivity index (χ1) is 13.6. The molecule has 2 aromatic carbocycles. The second-order valence-corrected chi connectivity index (χ2v) is 7.88. The number of nitrogens with zero attached hydrogens (tertiary/aromatic N) is 1. The highest BCUT2D eigenvalue weighted by Crippen LogP contribution is 2.35. The third kappa shape index (κ3) is 5.70. The zero-order valence-corrected chi connectivity index (χ0v) is 16.7. The zero-order chi connectivity index (χ0) is 21.7. The van der Waals surface area contributed by atoms with Gasteiger partial charge in [-0.1, -0.05) is 26.0 Å². The van der Waals surface area contributed by atoms with Crippen LogP contribution in [0.4, 0.5) is 18.9 Å². The number of halogens is 3. The number of hydrogen-bond acceptors (Lipinski definition) is 4. The molecule has 1 amide bonds. The first kappa shape index (κ1) is 22.7. The van der Waals surface area contributed by atoms with Gasteiger partial charge in [-0.15, -0.1) is 0 Å². The van der Waals surface area contributed by atoms with Gasteiger partial charge in [-0.05, 0) is 36.4 Å². The molecule has 1 N–H and O–H groups in total. The van der Waals surface area contributed by atoms with Crippen LogP contribution in [0, 0.1) is 0 Å². The number of anilines is 1. The van der Waals surface area contributed by atoms with E-state index in [9.17, 15) is 26.4 Å². The maximum absolute atomic E-state index is 12.9. The molecule has 10 heteroatoms. The van der Waals surface area contributed by atoms with Crippen LogP contribution in [0.3, 0.4) is 0 Å². The van der Waals surface area contributed by atoms with Crippen LogP contribution in [0.5, 0.6) is 5.75 Å². The van der Waals surface area contributed by atoms with E-state index in [1.807, 2.05) is 0 Å². The predicted octanol–water partition coefficient (Wildman–Crippen LogP) is 3.75. The van der Waals surface area contributed by atoms with E-state index in [-0.39, 0.29) is 4.90 Å². The van der Waals surface area contributed by atoms with Crippen molar-refractivity contribution < 1.29 is 31.1 Å². The van der Waals surface area contributed by atoms with E-state index < -0.39 is 40.0 Å². The summed E-state index contributed by atoms with van der Waals surface area (Å²) in [6.07, 6.45) is -4.60. The van der Waals surface area contributed by atoms with Crippen molar-refractivity contribution >= 4 is 21.6 Å². The van der Waals surface area contributed by atoms with Crippen LogP contribution < -0.4 is 10.1 Å². The van der Waals surface area contributed by atoms with Gasteiger partial charge in [0.1, 0.15) is 5.75 Å². The van der Waals surface area contributed by atoms with E-state index in [1.165, 1.54) is 40.7 Å². The second kappa shape index (κ2) is 9.27. The smallest absolute Gasteiger partial charge is 0.419 e. The summed E-state index contributed by atoms with van der Waals surface area (Å²) in [6.45, 7) is 3.48. The Morgan fingerprint density at radius 2 is 1.62 bits per heavy atom. The minimum absolute atomic E-state index is 0.0783. The average molecular weight is 430 g/mol. The second-order valence-electron chi connectivity index (χ2n) is 5.94. The molecule has 0 aliphatic rings. The summed E-state index contributed by atoms with van der Waals surface area (Å²) in [6, 6.07) is 10.1. The summed E-state index contributed by atoms with van der Waals surface area (Å²) in [4.78, 5) is 12.1. The highest BCUT2D eigenvalue weighted by Gasteiger charge is 2.34. The maximum atomic E-state index is 12.9. The van der Waals surface area contributed by atoms with E-state index in [4.69, 9.17) is 4.74 Å². The van der Waals surface area contributed by atoms with E-state index in [1.54, 1.807) is 13.8 Å². The van der Waals surface area contributed by atoms with E-state index in [0.717, 1.165) is 12.1 Å². The van der Waals surface area contributed by atoms with Crippen LogP contribution in [0.25, 0.3) is 0 Å². The Balaban J connectivity index is 2.02. The molecule has 2 aromatic rings. The van der Waals surface area contributed by atoms with Crippen molar-refractivity contribution in [1.82, 2.24) is 4.31 Å². The highest BCUT2D eigenvalue weighted by molar-refractivity contribution is 7.89. The largest absolute Gasteiger partial charge is 0.483 e. The molecule has 0 fully saturated rings. The number of hydrogen-bond donors (Lipinski definition) is 1. The molecule has 0 aliphatic carbocycles. The van der Waals surface area contributed by atoms with Crippen LogP contribution in [-0.2, 0) is 21.0 Å². The van der Waals surface area contributed by atoms with Crippen LogP contribution >= 0.6 is 0 Å². The van der Waals surface area contributed by atoms with Gasteiger partial charge in [0.25, 0.3) is 5.91 Å². The summed E-state index contributed by atoms with van der Waals surface area (Å²) in [7, 11) is -3.62. The maximum Gasteiger partial charge on any atom is 0.419 e. The molecule has 0 bridgehead atoms. The number of alkyl halides is 3. The topological polar surface area (TPSA) is 75.7 Å². The molecular formula is C19H21F3N2O4S. The van der Waals surface area contributed by atoms with E-state index >= 15 is 0 Å². The van der Waals surface area contributed by atoms with Crippen LogP contribution in [0.15, 0.2) is 53.4 Å². The van der Waals surface area contributed by atoms with Crippen molar-refractivity contribution in [3.8, 4) is 5.75 Å². The quantitative estimate of drug-likeness (QED) is 0.692. The van der Waals surface area contributed by atoms with Crippen molar-refractivity contribution in [2.45, 2.75) is 24.9 Å². The van der Waals surface area contributed by atoms with Gasteiger partial charge in [0.2, 0.25) is 10.0 Å². The molecule has 6 nitrogen and oxygen atoms in total. The lowest BCUT2D eigenvalue weighted by atomic mass is 10.2. The van der Waals surface area contributed by atoms with E-state index in [0.29, 0.717) is 18.8 Å². The lowest BCUT2D eigenvalue weighted by Gasteiger charge is -2.18. The molecule has 0 saturated carbocycles. The lowest BCUT2D eigenvalue weighted by Crippen LogP contribution is -2.30. The molecule has 0 spiro atoms. The fourth-order valence-electron chi connectivity index (χ4n) is 2.59. The number of para-hydroxylation sites is 1. The molecule has 0 unspecified atom stereocenters. The number of carbonyl (C=O) groups excluding carboxylic acids is 1. The highest BCUT2D eigenvalue weighted by atomic mass is 32.2. The Hall–Kier alpha value is -2.59. The average Bonchev–Trinajstić information content (AvgIpc) is 2.67. The standard InChI is InChI=1S/C19H21F3N2O4S/c1-3-24(4-2)29(26,27)15-11-9-14(10-12-15)23-18(25)13-28-17-8-6-5-7-16(17)19(20,21)22/h5-12H,3-4,13H2,1-2H3,(H,23,25). The fraction of sp³-hybridized carbons (Fsp3) is 0.316.